The molecule has 1 atom stereocenters. The fraction of sp³-hybridized carbons (Fsp3) is 0.450. The molecule has 1 amide bonds. The van der Waals surface area contributed by atoms with Crippen LogP contribution in [0.4, 0.5) is 0 Å². The first-order chi connectivity index (χ1) is 12.7. The van der Waals surface area contributed by atoms with Crippen molar-refractivity contribution in [3.05, 3.63) is 54.0 Å². The van der Waals surface area contributed by atoms with Gasteiger partial charge < -0.3 is 23.9 Å². The highest BCUT2D eigenvalue weighted by molar-refractivity contribution is 5.88. The van der Waals surface area contributed by atoms with Crippen molar-refractivity contribution >= 4 is 5.91 Å². The molecule has 3 rings (SSSR count). The highest BCUT2D eigenvalue weighted by Crippen LogP contribution is 2.36. The standard InChI is InChI=1S/C20H25NO5/c1-23-16-7-5-15(6-8-16)20(9-12-25-13-10-20)19(22)21-14-18(24-2)17-4-3-11-26-17/h3-8,11,18H,9-10,12-14H2,1-2H3,(H,21,22). The van der Waals surface area contributed by atoms with Gasteiger partial charge in [-0.05, 0) is 42.7 Å². The second-order valence-corrected chi connectivity index (χ2v) is 6.37. The van der Waals surface area contributed by atoms with E-state index in [4.69, 9.17) is 18.6 Å². The van der Waals surface area contributed by atoms with E-state index in [1.807, 2.05) is 30.3 Å². The molecular formula is C20H25NO5. The minimum absolute atomic E-state index is 0.0143. The Bertz CT molecular complexity index is 690. The molecule has 0 radical (unpaired) electrons. The second kappa shape index (κ2) is 8.38. The molecule has 2 aromatic rings. The fourth-order valence-electron chi connectivity index (χ4n) is 3.41. The summed E-state index contributed by atoms with van der Waals surface area (Å²) in [4.78, 5) is 13.2. The van der Waals surface area contributed by atoms with Gasteiger partial charge in [-0.2, -0.15) is 0 Å². The number of furan rings is 1. The Balaban J connectivity index is 1.77. The number of rotatable bonds is 7. The van der Waals surface area contributed by atoms with Gasteiger partial charge in [-0.1, -0.05) is 12.1 Å². The first-order valence-electron chi connectivity index (χ1n) is 8.76. The SMILES string of the molecule is COc1ccc(C2(C(=O)NCC(OC)c3ccco3)CCOCC2)cc1. The van der Waals surface area contributed by atoms with E-state index in [9.17, 15) is 4.79 Å². The Labute approximate surface area is 153 Å². The largest absolute Gasteiger partial charge is 0.497 e. The molecule has 6 heteroatoms. The van der Waals surface area contributed by atoms with Crippen LogP contribution in [0.3, 0.4) is 0 Å². The second-order valence-electron chi connectivity index (χ2n) is 6.37. The van der Waals surface area contributed by atoms with Gasteiger partial charge in [0.05, 0.1) is 25.3 Å². The summed E-state index contributed by atoms with van der Waals surface area (Å²) in [5.74, 6) is 1.45. The molecule has 140 valence electrons. The van der Waals surface area contributed by atoms with Crippen LogP contribution in [-0.2, 0) is 19.7 Å². The van der Waals surface area contributed by atoms with Crippen LogP contribution in [0.2, 0.25) is 0 Å². The molecule has 1 aromatic heterocycles. The molecule has 2 heterocycles. The normalized spacial score (nSPS) is 17.5. The van der Waals surface area contributed by atoms with Crippen molar-refractivity contribution in [2.75, 3.05) is 34.0 Å². The highest BCUT2D eigenvalue weighted by Gasteiger charge is 2.41. The van der Waals surface area contributed by atoms with E-state index in [0.29, 0.717) is 38.4 Å². The summed E-state index contributed by atoms with van der Waals surface area (Å²) in [6, 6.07) is 11.4. The third-order valence-corrected chi connectivity index (χ3v) is 5.02. The van der Waals surface area contributed by atoms with Crippen LogP contribution < -0.4 is 10.1 Å². The maximum Gasteiger partial charge on any atom is 0.230 e. The Morgan fingerprint density at radius 2 is 1.92 bits per heavy atom. The van der Waals surface area contributed by atoms with Crippen LogP contribution >= 0.6 is 0 Å². The van der Waals surface area contributed by atoms with Gasteiger partial charge in [-0.25, -0.2) is 0 Å². The summed E-state index contributed by atoms with van der Waals surface area (Å²) in [5, 5.41) is 3.05. The lowest BCUT2D eigenvalue weighted by atomic mass is 9.73. The monoisotopic (exact) mass is 359 g/mol. The van der Waals surface area contributed by atoms with Gasteiger partial charge in [0.2, 0.25) is 5.91 Å². The van der Waals surface area contributed by atoms with Gasteiger partial charge in [0.25, 0.3) is 0 Å². The molecule has 1 fully saturated rings. The first-order valence-corrected chi connectivity index (χ1v) is 8.76. The van der Waals surface area contributed by atoms with Crippen molar-refractivity contribution in [2.45, 2.75) is 24.4 Å². The number of benzene rings is 1. The predicted molar refractivity (Wildman–Crippen MR) is 96.2 cm³/mol. The average molecular weight is 359 g/mol. The zero-order valence-corrected chi connectivity index (χ0v) is 15.2. The first kappa shape index (κ1) is 18.5. The van der Waals surface area contributed by atoms with E-state index in [2.05, 4.69) is 5.32 Å². The van der Waals surface area contributed by atoms with E-state index >= 15 is 0 Å². The van der Waals surface area contributed by atoms with Crippen molar-refractivity contribution in [1.29, 1.82) is 0 Å². The Kier molecular flexibility index (Phi) is 5.96. The molecule has 1 saturated heterocycles. The van der Waals surface area contributed by atoms with Crippen LogP contribution in [-0.4, -0.2) is 39.9 Å². The van der Waals surface area contributed by atoms with Crippen molar-refractivity contribution in [3.63, 3.8) is 0 Å². The number of carbonyl (C=O) groups is 1. The van der Waals surface area contributed by atoms with E-state index in [0.717, 1.165) is 11.3 Å². The van der Waals surface area contributed by atoms with Crippen molar-refractivity contribution in [2.24, 2.45) is 0 Å². The van der Waals surface area contributed by atoms with Crippen LogP contribution in [0.5, 0.6) is 5.75 Å². The fourth-order valence-corrected chi connectivity index (χ4v) is 3.41. The molecule has 1 unspecified atom stereocenters. The minimum atomic E-state index is -0.605. The van der Waals surface area contributed by atoms with Crippen LogP contribution in [0.25, 0.3) is 0 Å². The van der Waals surface area contributed by atoms with E-state index < -0.39 is 5.41 Å². The third-order valence-electron chi connectivity index (χ3n) is 5.02. The van der Waals surface area contributed by atoms with Gasteiger partial charge in [-0.15, -0.1) is 0 Å². The predicted octanol–water partition coefficient (Wildman–Crippen LogP) is 2.84. The Hall–Kier alpha value is -2.31. The van der Waals surface area contributed by atoms with Crippen molar-refractivity contribution in [1.82, 2.24) is 5.32 Å². The topological polar surface area (TPSA) is 69.9 Å². The molecule has 1 N–H and O–H groups in total. The van der Waals surface area contributed by atoms with Crippen molar-refractivity contribution in [3.8, 4) is 5.75 Å². The molecule has 0 saturated carbocycles. The molecule has 0 bridgehead atoms. The summed E-state index contributed by atoms with van der Waals surface area (Å²) in [6.45, 7) is 1.47. The van der Waals surface area contributed by atoms with Crippen LogP contribution in [0.15, 0.2) is 47.1 Å². The summed E-state index contributed by atoms with van der Waals surface area (Å²) in [6.07, 6.45) is 2.56. The van der Waals surface area contributed by atoms with Crippen LogP contribution in [0.1, 0.15) is 30.3 Å². The van der Waals surface area contributed by atoms with Gasteiger partial charge in [-0.3, -0.25) is 4.79 Å². The lowest BCUT2D eigenvalue weighted by Gasteiger charge is -2.36. The molecule has 0 spiro atoms. The van der Waals surface area contributed by atoms with E-state index in [1.54, 1.807) is 26.5 Å². The Morgan fingerprint density at radius 1 is 1.19 bits per heavy atom. The van der Waals surface area contributed by atoms with E-state index in [1.165, 1.54) is 0 Å². The van der Waals surface area contributed by atoms with E-state index in [-0.39, 0.29) is 12.0 Å². The highest BCUT2D eigenvalue weighted by atomic mass is 16.5. The summed E-state index contributed by atoms with van der Waals surface area (Å²) < 4.78 is 21.6. The molecule has 26 heavy (non-hydrogen) atoms. The lowest BCUT2D eigenvalue weighted by molar-refractivity contribution is -0.131. The number of hydrogen-bond donors (Lipinski definition) is 1. The smallest absolute Gasteiger partial charge is 0.230 e. The maximum atomic E-state index is 13.2. The van der Waals surface area contributed by atoms with Gasteiger partial charge >= 0.3 is 0 Å². The number of hydrogen-bond acceptors (Lipinski definition) is 5. The molecule has 1 aliphatic rings. The minimum Gasteiger partial charge on any atom is -0.497 e. The van der Waals surface area contributed by atoms with Crippen LogP contribution in [0, 0.1) is 0 Å². The number of carbonyl (C=O) groups excluding carboxylic acids is 1. The van der Waals surface area contributed by atoms with Crippen molar-refractivity contribution < 1.29 is 23.4 Å². The molecule has 6 nitrogen and oxygen atoms in total. The molecule has 1 aliphatic heterocycles. The molecule has 0 aliphatic carbocycles. The summed E-state index contributed by atoms with van der Waals surface area (Å²) in [7, 11) is 3.23. The zero-order valence-electron chi connectivity index (χ0n) is 15.2. The number of methoxy groups -OCH3 is 2. The third kappa shape index (κ3) is 3.76. The van der Waals surface area contributed by atoms with Gasteiger partial charge in [0.1, 0.15) is 17.6 Å². The summed E-state index contributed by atoms with van der Waals surface area (Å²) in [5.41, 5.74) is 0.373. The molecular weight excluding hydrogens is 334 g/mol. The average Bonchev–Trinajstić information content (AvgIpc) is 3.23. The number of amides is 1. The Morgan fingerprint density at radius 3 is 2.50 bits per heavy atom. The lowest BCUT2D eigenvalue weighted by Crippen LogP contribution is -2.49. The number of nitrogens with one attached hydrogen (secondary N) is 1. The molecule has 1 aromatic carbocycles. The van der Waals surface area contributed by atoms with Gasteiger partial charge in [0, 0.05) is 20.3 Å². The quantitative estimate of drug-likeness (QED) is 0.823. The summed E-state index contributed by atoms with van der Waals surface area (Å²) >= 11 is 0. The number of ether oxygens (including phenoxy) is 3. The zero-order chi connectivity index (χ0) is 18.4. The maximum absolute atomic E-state index is 13.2. The van der Waals surface area contributed by atoms with Gasteiger partial charge in [0.15, 0.2) is 0 Å².